The molecule has 1 N–H and O–H groups in total. The molecule has 1 aromatic carbocycles. The van der Waals surface area contributed by atoms with Crippen molar-refractivity contribution in [1.82, 2.24) is 19.6 Å². The second kappa shape index (κ2) is 5.94. The van der Waals surface area contributed by atoms with Gasteiger partial charge in [-0.05, 0) is 42.5 Å². The molecule has 0 fully saturated rings. The predicted molar refractivity (Wildman–Crippen MR) is 91.1 cm³/mol. The smallest absolute Gasteiger partial charge is 0.222 e. The molecule has 3 heterocycles. The fourth-order valence-electron chi connectivity index (χ4n) is 2.70. The summed E-state index contributed by atoms with van der Waals surface area (Å²) in [5.74, 6) is -0.269. The van der Waals surface area contributed by atoms with Crippen LogP contribution in [0.15, 0.2) is 54.9 Å². The van der Waals surface area contributed by atoms with E-state index in [1.54, 1.807) is 37.5 Å². The highest BCUT2D eigenvalue weighted by Crippen LogP contribution is 2.34. The fourth-order valence-corrected chi connectivity index (χ4v) is 2.70. The Morgan fingerprint density at radius 2 is 1.72 bits per heavy atom. The number of pyridine rings is 1. The van der Waals surface area contributed by atoms with Gasteiger partial charge in [0.15, 0.2) is 0 Å². The summed E-state index contributed by atoms with van der Waals surface area (Å²) in [7, 11) is 1.73. The lowest BCUT2D eigenvalue weighted by Crippen LogP contribution is -1.97. The first-order chi connectivity index (χ1) is 12.2. The van der Waals surface area contributed by atoms with Crippen LogP contribution in [0, 0.1) is 11.6 Å². The molecular weight excluding hydrogens is 324 g/mol. The number of halogens is 2. The second-order valence-electron chi connectivity index (χ2n) is 5.42. The van der Waals surface area contributed by atoms with Gasteiger partial charge in [-0.25, -0.2) is 23.3 Å². The van der Waals surface area contributed by atoms with E-state index < -0.39 is 5.82 Å². The predicted octanol–water partition coefficient (Wildman–Crippen LogP) is 3.78. The van der Waals surface area contributed by atoms with E-state index in [1.165, 1.54) is 28.9 Å². The quantitative estimate of drug-likeness (QED) is 0.618. The molecule has 25 heavy (non-hydrogen) atoms. The molecule has 0 amide bonds. The number of benzene rings is 1. The van der Waals surface area contributed by atoms with Crippen molar-refractivity contribution in [1.29, 1.82) is 0 Å². The average Bonchev–Trinajstić information content (AvgIpc) is 3.00. The molecule has 124 valence electrons. The lowest BCUT2D eigenvalue weighted by atomic mass is 10.0. The second-order valence-corrected chi connectivity index (χ2v) is 5.42. The van der Waals surface area contributed by atoms with Crippen molar-refractivity contribution in [2.75, 3.05) is 12.4 Å². The summed E-state index contributed by atoms with van der Waals surface area (Å²) < 4.78 is 28.3. The first kappa shape index (κ1) is 15.2. The third-order valence-corrected chi connectivity index (χ3v) is 3.85. The summed E-state index contributed by atoms with van der Waals surface area (Å²) in [6, 6.07) is 10.8. The topological polar surface area (TPSA) is 55.1 Å². The average molecular weight is 337 g/mol. The highest BCUT2D eigenvalue weighted by Gasteiger charge is 2.18. The maximum Gasteiger partial charge on any atom is 0.222 e. The van der Waals surface area contributed by atoms with Crippen LogP contribution in [0.4, 0.5) is 14.7 Å². The first-order valence-corrected chi connectivity index (χ1v) is 7.61. The third-order valence-electron chi connectivity index (χ3n) is 3.85. The number of anilines is 1. The Labute approximate surface area is 142 Å². The van der Waals surface area contributed by atoms with E-state index >= 15 is 0 Å². The zero-order valence-electron chi connectivity index (χ0n) is 13.2. The number of rotatable bonds is 3. The van der Waals surface area contributed by atoms with Crippen molar-refractivity contribution in [3.05, 3.63) is 66.5 Å². The lowest BCUT2D eigenvalue weighted by Gasteiger charge is -2.05. The van der Waals surface area contributed by atoms with Crippen LogP contribution in [0.2, 0.25) is 0 Å². The number of nitrogens with one attached hydrogen (secondary N) is 1. The molecule has 0 aliphatic heterocycles. The number of fused-ring (bicyclic) bond motifs is 1. The van der Waals surface area contributed by atoms with Crippen molar-refractivity contribution in [3.8, 4) is 22.5 Å². The van der Waals surface area contributed by atoms with Crippen molar-refractivity contribution >= 4 is 11.5 Å². The summed E-state index contributed by atoms with van der Waals surface area (Å²) in [6.07, 6.45) is 2.93. The van der Waals surface area contributed by atoms with Crippen LogP contribution >= 0.6 is 0 Å². The van der Waals surface area contributed by atoms with E-state index in [2.05, 4.69) is 20.4 Å². The molecule has 0 spiro atoms. The molecule has 0 atom stereocenters. The molecule has 5 nitrogen and oxygen atoms in total. The molecule has 4 aromatic rings. The molecule has 0 aliphatic rings. The van der Waals surface area contributed by atoms with E-state index in [-0.39, 0.29) is 5.82 Å². The van der Waals surface area contributed by atoms with Gasteiger partial charge in [-0.1, -0.05) is 0 Å². The molecule has 3 aromatic heterocycles. The summed E-state index contributed by atoms with van der Waals surface area (Å²) >= 11 is 0. The zero-order chi connectivity index (χ0) is 17.4. The molecule has 7 heteroatoms. The summed E-state index contributed by atoms with van der Waals surface area (Å²) in [5.41, 5.74) is 3.36. The van der Waals surface area contributed by atoms with Gasteiger partial charge in [0.1, 0.15) is 17.3 Å². The third kappa shape index (κ3) is 2.69. The number of aromatic nitrogens is 4. The van der Waals surface area contributed by atoms with Gasteiger partial charge in [0.25, 0.3) is 0 Å². The highest BCUT2D eigenvalue weighted by atomic mass is 19.1. The first-order valence-electron chi connectivity index (χ1n) is 7.61. The molecule has 4 rings (SSSR count). The summed E-state index contributed by atoms with van der Waals surface area (Å²) in [4.78, 5) is 8.58. The van der Waals surface area contributed by atoms with Gasteiger partial charge in [0.05, 0.1) is 23.0 Å². The Balaban J connectivity index is 2.02. The van der Waals surface area contributed by atoms with Crippen LogP contribution in [0.1, 0.15) is 0 Å². The molecule has 0 bridgehead atoms. The molecule has 0 unspecified atom stereocenters. The largest absolute Gasteiger partial charge is 0.357 e. The SMILES string of the molecule is CNc1nccc(-c2c(-c3ccc(F)cc3)nn3cc(F)ccc23)n1. The van der Waals surface area contributed by atoms with Crippen LogP contribution < -0.4 is 5.32 Å². The molecule has 0 saturated heterocycles. The van der Waals surface area contributed by atoms with Gasteiger partial charge in [-0.2, -0.15) is 5.10 Å². The Bertz CT molecular complexity index is 1060. The number of hydrogen-bond acceptors (Lipinski definition) is 4. The normalized spacial score (nSPS) is 11.0. The lowest BCUT2D eigenvalue weighted by molar-refractivity contribution is 0.615. The molecule has 0 aliphatic carbocycles. The summed E-state index contributed by atoms with van der Waals surface area (Å²) in [5, 5.41) is 7.37. The van der Waals surface area contributed by atoms with Crippen LogP contribution in [-0.4, -0.2) is 26.6 Å². The molecule has 0 saturated carbocycles. The maximum absolute atomic E-state index is 13.6. The maximum atomic E-state index is 13.6. The monoisotopic (exact) mass is 337 g/mol. The minimum atomic E-state index is -0.397. The van der Waals surface area contributed by atoms with Crippen molar-refractivity contribution in [2.45, 2.75) is 0 Å². The van der Waals surface area contributed by atoms with Gasteiger partial charge < -0.3 is 5.32 Å². The van der Waals surface area contributed by atoms with Gasteiger partial charge >= 0.3 is 0 Å². The van der Waals surface area contributed by atoms with E-state index in [9.17, 15) is 8.78 Å². The van der Waals surface area contributed by atoms with Crippen molar-refractivity contribution in [2.24, 2.45) is 0 Å². The Hall–Kier alpha value is -3.35. The van der Waals surface area contributed by atoms with Crippen LogP contribution in [0.25, 0.3) is 28.0 Å². The van der Waals surface area contributed by atoms with Crippen molar-refractivity contribution < 1.29 is 8.78 Å². The van der Waals surface area contributed by atoms with Crippen molar-refractivity contribution in [3.63, 3.8) is 0 Å². The fraction of sp³-hybridized carbons (Fsp3) is 0.0556. The van der Waals surface area contributed by atoms with Crippen LogP contribution in [-0.2, 0) is 0 Å². The van der Waals surface area contributed by atoms with E-state index in [1.807, 2.05) is 0 Å². The minimum Gasteiger partial charge on any atom is -0.357 e. The van der Waals surface area contributed by atoms with Crippen LogP contribution in [0.3, 0.4) is 0 Å². The number of hydrogen-bond donors (Lipinski definition) is 1. The minimum absolute atomic E-state index is 0.334. The van der Waals surface area contributed by atoms with Gasteiger partial charge in [-0.15, -0.1) is 0 Å². The van der Waals surface area contributed by atoms with E-state index in [0.29, 0.717) is 28.4 Å². The zero-order valence-corrected chi connectivity index (χ0v) is 13.2. The Morgan fingerprint density at radius 1 is 0.960 bits per heavy atom. The van der Waals surface area contributed by atoms with E-state index in [0.717, 1.165) is 5.56 Å². The van der Waals surface area contributed by atoms with E-state index in [4.69, 9.17) is 0 Å². The highest BCUT2D eigenvalue weighted by molar-refractivity contribution is 5.90. The van der Waals surface area contributed by atoms with Crippen LogP contribution in [0.5, 0.6) is 0 Å². The van der Waals surface area contributed by atoms with Gasteiger partial charge in [0, 0.05) is 18.8 Å². The van der Waals surface area contributed by atoms with Gasteiger partial charge in [-0.3, -0.25) is 0 Å². The summed E-state index contributed by atoms with van der Waals surface area (Å²) in [6.45, 7) is 0. The number of nitrogens with zero attached hydrogens (tertiary/aromatic N) is 4. The Morgan fingerprint density at radius 3 is 2.48 bits per heavy atom. The standard InChI is InChI=1S/C18H13F2N5/c1-21-18-22-9-8-14(23-18)16-15-7-6-13(20)10-25(15)24-17(16)11-2-4-12(19)5-3-11/h2-10H,1H3,(H,21,22,23). The van der Waals surface area contributed by atoms with Gasteiger partial charge in [0.2, 0.25) is 5.95 Å². The Kier molecular flexibility index (Phi) is 3.61. The molecular formula is C18H13F2N5. The molecule has 0 radical (unpaired) electrons.